The van der Waals surface area contributed by atoms with E-state index < -0.39 is 0 Å². The molecular weight excluding hydrogens is 295 g/mol. The molecular formula is C15H22Cl2N2O. The molecule has 0 bridgehead atoms. The van der Waals surface area contributed by atoms with E-state index in [1.807, 2.05) is 29.2 Å². The Bertz CT molecular complexity index is 459. The van der Waals surface area contributed by atoms with Crippen molar-refractivity contribution in [2.24, 2.45) is 11.1 Å². The van der Waals surface area contributed by atoms with E-state index in [0.717, 1.165) is 25.1 Å². The molecule has 3 nitrogen and oxygen atoms in total. The molecule has 112 valence electrons. The molecule has 1 aliphatic rings. The molecule has 5 heteroatoms. The lowest BCUT2D eigenvalue weighted by Gasteiger charge is -2.42. The van der Waals surface area contributed by atoms with Crippen molar-refractivity contribution in [1.82, 2.24) is 4.90 Å². The van der Waals surface area contributed by atoms with Crippen molar-refractivity contribution in [3.63, 3.8) is 0 Å². The zero-order valence-corrected chi connectivity index (χ0v) is 13.5. The maximum absolute atomic E-state index is 12.3. The lowest BCUT2D eigenvalue weighted by Crippen LogP contribution is -2.54. The fourth-order valence-electron chi connectivity index (χ4n) is 2.48. The van der Waals surface area contributed by atoms with E-state index in [1.165, 1.54) is 0 Å². The molecule has 20 heavy (non-hydrogen) atoms. The van der Waals surface area contributed by atoms with Crippen molar-refractivity contribution in [2.45, 2.75) is 32.7 Å². The van der Waals surface area contributed by atoms with E-state index in [1.54, 1.807) is 0 Å². The molecule has 1 fully saturated rings. The minimum atomic E-state index is -0.00605. The third-order valence-electron chi connectivity index (χ3n) is 3.93. The molecule has 1 amide bonds. The van der Waals surface area contributed by atoms with Gasteiger partial charge in [0.05, 0.1) is 6.42 Å². The smallest absolute Gasteiger partial charge is 0.227 e. The van der Waals surface area contributed by atoms with Crippen LogP contribution in [0.1, 0.15) is 25.8 Å². The van der Waals surface area contributed by atoms with Crippen LogP contribution in [0.4, 0.5) is 0 Å². The van der Waals surface area contributed by atoms with Gasteiger partial charge in [0.15, 0.2) is 0 Å². The highest BCUT2D eigenvalue weighted by Crippen LogP contribution is 2.28. The van der Waals surface area contributed by atoms with Crippen LogP contribution < -0.4 is 5.73 Å². The summed E-state index contributed by atoms with van der Waals surface area (Å²) in [6.07, 6.45) is 1.31. The van der Waals surface area contributed by atoms with Crippen molar-refractivity contribution in [2.75, 3.05) is 13.1 Å². The van der Waals surface area contributed by atoms with Gasteiger partial charge in [0.25, 0.3) is 0 Å². The van der Waals surface area contributed by atoms with Crippen LogP contribution in [0, 0.1) is 5.41 Å². The number of nitrogens with two attached hydrogens (primary N) is 1. The van der Waals surface area contributed by atoms with Crippen LogP contribution in [-0.4, -0.2) is 29.9 Å². The van der Waals surface area contributed by atoms with Gasteiger partial charge in [-0.3, -0.25) is 4.79 Å². The number of rotatable bonds is 2. The van der Waals surface area contributed by atoms with Crippen molar-refractivity contribution in [1.29, 1.82) is 0 Å². The van der Waals surface area contributed by atoms with E-state index >= 15 is 0 Å². The molecule has 0 saturated carbocycles. The van der Waals surface area contributed by atoms with Gasteiger partial charge in [-0.15, -0.1) is 12.4 Å². The Hall–Kier alpha value is -0.770. The predicted octanol–water partition coefficient (Wildman–Crippen LogP) is 2.89. The van der Waals surface area contributed by atoms with Crippen LogP contribution in [0.15, 0.2) is 24.3 Å². The number of hydrogen-bond donors (Lipinski definition) is 1. The summed E-state index contributed by atoms with van der Waals surface area (Å²) in [6, 6.07) is 7.62. The first kappa shape index (κ1) is 17.3. The van der Waals surface area contributed by atoms with E-state index in [0.29, 0.717) is 11.4 Å². The fraction of sp³-hybridized carbons (Fsp3) is 0.533. The first-order valence-electron chi connectivity index (χ1n) is 6.66. The summed E-state index contributed by atoms with van der Waals surface area (Å²) in [4.78, 5) is 14.2. The highest BCUT2D eigenvalue weighted by atomic mass is 35.5. The van der Waals surface area contributed by atoms with Crippen molar-refractivity contribution in [3.8, 4) is 0 Å². The maximum atomic E-state index is 12.3. The number of piperidine rings is 1. The Kier molecular flexibility index (Phi) is 5.87. The summed E-state index contributed by atoms with van der Waals surface area (Å²) in [5.74, 6) is 0.169. The van der Waals surface area contributed by atoms with Crippen LogP contribution in [0.2, 0.25) is 5.02 Å². The lowest BCUT2D eigenvalue weighted by molar-refractivity contribution is -0.133. The normalized spacial score (nSPS) is 21.2. The number of benzene rings is 1. The average Bonchev–Trinajstić information content (AvgIpc) is 2.35. The highest BCUT2D eigenvalue weighted by Gasteiger charge is 2.35. The summed E-state index contributed by atoms with van der Waals surface area (Å²) >= 11 is 5.84. The molecule has 1 aromatic carbocycles. The quantitative estimate of drug-likeness (QED) is 0.912. The van der Waals surface area contributed by atoms with Gasteiger partial charge in [-0.2, -0.15) is 0 Å². The monoisotopic (exact) mass is 316 g/mol. The summed E-state index contributed by atoms with van der Waals surface area (Å²) in [6.45, 7) is 5.75. The van der Waals surface area contributed by atoms with E-state index in [-0.39, 0.29) is 29.8 Å². The van der Waals surface area contributed by atoms with Gasteiger partial charge in [-0.05, 0) is 29.5 Å². The second-order valence-corrected chi connectivity index (χ2v) is 6.44. The molecule has 2 N–H and O–H groups in total. The Morgan fingerprint density at radius 1 is 1.40 bits per heavy atom. The topological polar surface area (TPSA) is 46.3 Å². The fourth-order valence-corrected chi connectivity index (χ4v) is 2.60. The van der Waals surface area contributed by atoms with Crippen molar-refractivity contribution >= 4 is 29.9 Å². The number of nitrogens with zero attached hydrogens (tertiary/aromatic N) is 1. The molecule has 1 unspecified atom stereocenters. The Labute approximate surface area is 131 Å². The first-order valence-corrected chi connectivity index (χ1v) is 7.04. The standard InChI is InChI=1S/C15H21ClN2O.ClH/c1-15(2)10-18(8-7-13(15)17)14(19)9-11-3-5-12(16)6-4-11;/h3-6,13H,7-10,17H2,1-2H3;1H. The Morgan fingerprint density at radius 3 is 2.55 bits per heavy atom. The third-order valence-corrected chi connectivity index (χ3v) is 4.19. The first-order chi connectivity index (χ1) is 8.88. The van der Waals surface area contributed by atoms with Crippen LogP contribution >= 0.6 is 24.0 Å². The summed E-state index contributed by atoms with van der Waals surface area (Å²) < 4.78 is 0. The summed E-state index contributed by atoms with van der Waals surface area (Å²) in [5, 5.41) is 0.696. The predicted molar refractivity (Wildman–Crippen MR) is 85.4 cm³/mol. The van der Waals surface area contributed by atoms with Crippen molar-refractivity contribution in [3.05, 3.63) is 34.9 Å². The molecule has 0 aliphatic carbocycles. The Morgan fingerprint density at radius 2 is 2.00 bits per heavy atom. The summed E-state index contributed by atoms with van der Waals surface area (Å²) in [5.41, 5.74) is 7.09. The van der Waals surface area contributed by atoms with Crippen LogP contribution in [0.3, 0.4) is 0 Å². The second kappa shape index (κ2) is 6.79. The van der Waals surface area contributed by atoms with Crippen molar-refractivity contribution < 1.29 is 4.79 Å². The molecule has 1 heterocycles. The SMILES string of the molecule is CC1(C)CN(C(=O)Cc2ccc(Cl)cc2)CCC1N.Cl. The number of carbonyl (C=O) groups excluding carboxylic acids is 1. The van der Waals surface area contributed by atoms with Crippen LogP contribution in [-0.2, 0) is 11.2 Å². The molecule has 1 saturated heterocycles. The minimum absolute atomic E-state index is 0. The minimum Gasteiger partial charge on any atom is -0.342 e. The number of likely N-dealkylation sites (tertiary alicyclic amines) is 1. The number of carbonyl (C=O) groups is 1. The number of halogens is 2. The molecule has 0 radical (unpaired) electrons. The van der Waals surface area contributed by atoms with Gasteiger partial charge < -0.3 is 10.6 Å². The van der Waals surface area contributed by atoms with Gasteiger partial charge in [0.2, 0.25) is 5.91 Å². The molecule has 1 atom stereocenters. The number of amides is 1. The number of hydrogen-bond acceptors (Lipinski definition) is 2. The molecule has 2 rings (SSSR count). The average molecular weight is 317 g/mol. The zero-order valence-electron chi connectivity index (χ0n) is 11.9. The van der Waals surface area contributed by atoms with Gasteiger partial charge in [0.1, 0.15) is 0 Å². The maximum Gasteiger partial charge on any atom is 0.227 e. The van der Waals surface area contributed by atoms with E-state index in [9.17, 15) is 4.79 Å². The Balaban J connectivity index is 0.00000200. The van der Waals surface area contributed by atoms with E-state index in [2.05, 4.69) is 13.8 Å². The van der Waals surface area contributed by atoms with Gasteiger partial charge >= 0.3 is 0 Å². The molecule has 1 aromatic rings. The largest absolute Gasteiger partial charge is 0.342 e. The van der Waals surface area contributed by atoms with Gasteiger partial charge in [0, 0.05) is 24.2 Å². The van der Waals surface area contributed by atoms with Gasteiger partial charge in [-0.25, -0.2) is 0 Å². The summed E-state index contributed by atoms with van der Waals surface area (Å²) in [7, 11) is 0. The lowest BCUT2D eigenvalue weighted by atomic mass is 9.79. The van der Waals surface area contributed by atoms with Crippen LogP contribution in [0.25, 0.3) is 0 Å². The van der Waals surface area contributed by atoms with E-state index in [4.69, 9.17) is 17.3 Å². The molecule has 1 aliphatic heterocycles. The molecule has 0 aromatic heterocycles. The second-order valence-electron chi connectivity index (χ2n) is 6.00. The highest BCUT2D eigenvalue weighted by molar-refractivity contribution is 6.30. The van der Waals surface area contributed by atoms with Crippen LogP contribution in [0.5, 0.6) is 0 Å². The van der Waals surface area contributed by atoms with Gasteiger partial charge in [-0.1, -0.05) is 37.6 Å². The third kappa shape index (κ3) is 4.11. The zero-order chi connectivity index (χ0) is 14.0. The molecule has 0 spiro atoms.